The first kappa shape index (κ1) is 18.1. The molecule has 136 valence electrons. The number of hydrogen-bond donors (Lipinski definition) is 2. The molecule has 6 nitrogen and oxygen atoms in total. The summed E-state index contributed by atoms with van der Waals surface area (Å²) in [6, 6.07) is 10.5. The summed E-state index contributed by atoms with van der Waals surface area (Å²) in [5.74, 6) is 1.48. The Morgan fingerprint density at radius 3 is 2.73 bits per heavy atom. The minimum atomic E-state index is -0.545. The zero-order valence-electron chi connectivity index (χ0n) is 14.6. The van der Waals surface area contributed by atoms with Gasteiger partial charge < -0.3 is 19.8 Å². The molecule has 0 saturated carbocycles. The van der Waals surface area contributed by atoms with Gasteiger partial charge in [0.2, 0.25) is 0 Å². The molecule has 1 aromatic heterocycles. The standard InChI is InChI=1S/C19H20N2O4S/c1-12-6-3-4-8-14(12)17-16(18(22)24-2)15(20-19(23)21-17)11-26-10-13-7-5-9-25-13/h3-9,17H,10-11H2,1-2H3,(H2,20,21,23)/t17-/m0/s1. The fourth-order valence-electron chi connectivity index (χ4n) is 2.88. The first-order valence-electron chi connectivity index (χ1n) is 8.14. The minimum absolute atomic E-state index is 0.334. The summed E-state index contributed by atoms with van der Waals surface area (Å²) >= 11 is 1.55. The summed E-state index contributed by atoms with van der Waals surface area (Å²) in [6.45, 7) is 1.95. The first-order chi connectivity index (χ1) is 12.6. The maximum Gasteiger partial charge on any atom is 0.338 e. The number of benzene rings is 1. The molecule has 0 saturated heterocycles. The summed E-state index contributed by atoms with van der Waals surface area (Å²) in [6.07, 6.45) is 1.62. The van der Waals surface area contributed by atoms with Gasteiger partial charge in [-0.3, -0.25) is 0 Å². The fraction of sp³-hybridized carbons (Fsp3) is 0.263. The van der Waals surface area contributed by atoms with E-state index in [1.807, 2.05) is 43.3 Å². The van der Waals surface area contributed by atoms with E-state index in [4.69, 9.17) is 9.15 Å². The van der Waals surface area contributed by atoms with E-state index in [9.17, 15) is 9.59 Å². The average molecular weight is 372 g/mol. The number of thioether (sulfide) groups is 1. The Hall–Kier alpha value is -2.67. The molecule has 0 aliphatic carbocycles. The quantitative estimate of drug-likeness (QED) is 0.761. The van der Waals surface area contributed by atoms with Crippen LogP contribution in [0.1, 0.15) is 22.9 Å². The van der Waals surface area contributed by atoms with Crippen molar-refractivity contribution >= 4 is 23.8 Å². The zero-order valence-corrected chi connectivity index (χ0v) is 15.4. The van der Waals surface area contributed by atoms with E-state index >= 15 is 0 Å². The highest BCUT2D eigenvalue weighted by Gasteiger charge is 2.33. The number of carbonyl (C=O) groups is 2. The molecule has 7 heteroatoms. The van der Waals surface area contributed by atoms with Crippen LogP contribution in [0.2, 0.25) is 0 Å². The van der Waals surface area contributed by atoms with Gasteiger partial charge in [-0.25, -0.2) is 9.59 Å². The second kappa shape index (κ2) is 8.14. The van der Waals surface area contributed by atoms with Crippen LogP contribution in [0, 0.1) is 6.92 Å². The van der Waals surface area contributed by atoms with Crippen LogP contribution in [-0.2, 0) is 15.3 Å². The maximum absolute atomic E-state index is 12.5. The lowest BCUT2D eigenvalue weighted by molar-refractivity contribution is -0.136. The van der Waals surface area contributed by atoms with Gasteiger partial charge in [0.1, 0.15) is 5.76 Å². The molecule has 26 heavy (non-hydrogen) atoms. The maximum atomic E-state index is 12.5. The molecule has 0 spiro atoms. The van der Waals surface area contributed by atoms with E-state index in [0.29, 0.717) is 22.8 Å². The summed E-state index contributed by atoms with van der Waals surface area (Å²) in [7, 11) is 1.34. The van der Waals surface area contributed by atoms with Gasteiger partial charge in [0.15, 0.2) is 0 Å². The fourth-order valence-corrected chi connectivity index (χ4v) is 3.77. The van der Waals surface area contributed by atoms with Crippen LogP contribution in [0.25, 0.3) is 0 Å². The predicted molar refractivity (Wildman–Crippen MR) is 99.5 cm³/mol. The number of carbonyl (C=O) groups excluding carboxylic acids is 2. The van der Waals surface area contributed by atoms with Crippen molar-refractivity contribution in [3.8, 4) is 0 Å². The summed E-state index contributed by atoms with van der Waals surface area (Å²) in [4.78, 5) is 24.7. The van der Waals surface area contributed by atoms with Crippen LogP contribution in [0.3, 0.4) is 0 Å². The highest BCUT2D eigenvalue weighted by molar-refractivity contribution is 7.98. The van der Waals surface area contributed by atoms with Crippen molar-refractivity contribution in [3.63, 3.8) is 0 Å². The van der Waals surface area contributed by atoms with Crippen molar-refractivity contribution in [3.05, 3.63) is 70.8 Å². The minimum Gasteiger partial charge on any atom is -0.468 e. The molecular formula is C19H20N2O4S. The van der Waals surface area contributed by atoms with Gasteiger partial charge in [0.05, 0.1) is 30.7 Å². The monoisotopic (exact) mass is 372 g/mol. The summed E-state index contributed by atoms with van der Waals surface area (Å²) in [5, 5.41) is 5.59. The van der Waals surface area contributed by atoms with Crippen molar-refractivity contribution in [1.82, 2.24) is 10.6 Å². The third kappa shape index (κ3) is 3.94. The van der Waals surface area contributed by atoms with Crippen LogP contribution in [0.5, 0.6) is 0 Å². The number of urea groups is 1. The average Bonchev–Trinajstić information content (AvgIpc) is 3.14. The van der Waals surface area contributed by atoms with Gasteiger partial charge in [-0.05, 0) is 30.2 Å². The Morgan fingerprint density at radius 2 is 2.04 bits per heavy atom. The molecule has 2 N–H and O–H groups in total. The van der Waals surface area contributed by atoms with Gasteiger partial charge in [0.25, 0.3) is 0 Å². The van der Waals surface area contributed by atoms with E-state index in [1.54, 1.807) is 18.0 Å². The van der Waals surface area contributed by atoms with Crippen molar-refractivity contribution in [2.24, 2.45) is 0 Å². The van der Waals surface area contributed by atoms with Crippen LogP contribution in [0.15, 0.2) is 58.3 Å². The van der Waals surface area contributed by atoms with E-state index < -0.39 is 12.0 Å². The van der Waals surface area contributed by atoms with Crippen LogP contribution >= 0.6 is 11.8 Å². The molecule has 0 unspecified atom stereocenters. The van der Waals surface area contributed by atoms with Crippen molar-refractivity contribution in [2.75, 3.05) is 12.9 Å². The molecule has 1 aliphatic heterocycles. The van der Waals surface area contributed by atoms with Gasteiger partial charge in [0, 0.05) is 11.4 Å². The highest BCUT2D eigenvalue weighted by Crippen LogP contribution is 2.31. The molecule has 2 aromatic rings. The Bertz CT molecular complexity index is 830. The third-order valence-electron chi connectivity index (χ3n) is 4.13. The van der Waals surface area contributed by atoms with Crippen LogP contribution < -0.4 is 10.6 Å². The summed E-state index contributed by atoms with van der Waals surface area (Å²) < 4.78 is 10.3. The topological polar surface area (TPSA) is 80.6 Å². The molecule has 0 fully saturated rings. The lowest BCUT2D eigenvalue weighted by Gasteiger charge is -2.30. The van der Waals surface area contributed by atoms with Crippen molar-refractivity contribution in [2.45, 2.75) is 18.7 Å². The SMILES string of the molecule is COC(=O)C1=C(CSCc2ccco2)NC(=O)N[C@H]1c1ccccc1C. The molecule has 0 radical (unpaired) electrons. The Morgan fingerprint density at radius 1 is 1.23 bits per heavy atom. The molecule has 2 heterocycles. The van der Waals surface area contributed by atoms with Crippen LogP contribution in [0.4, 0.5) is 4.79 Å². The number of aryl methyl sites for hydroxylation is 1. The molecule has 0 bridgehead atoms. The van der Waals surface area contributed by atoms with Gasteiger partial charge in [-0.1, -0.05) is 24.3 Å². The summed E-state index contributed by atoms with van der Waals surface area (Å²) in [5.41, 5.74) is 2.85. The lowest BCUT2D eigenvalue weighted by Crippen LogP contribution is -2.46. The molecule has 1 atom stereocenters. The Balaban J connectivity index is 1.91. The smallest absolute Gasteiger partial charge is 0.338 e. The van der Waals surface area contributed by atoms with Crippen molar-refractivity contribution in [1.29, 1.82) is 0 Å². The van der Waals surface area contributed by atoms with E-state index in [-0.39, 0.29) is 6.03 Å². The number of methoxy groups -OCH3 is 1. The normalized spacial score (nSPS) is 16.8. The highest BCUT2D eigenvalue weighted by atomic mass is 32.2. The van der Waals surface area contributed by atoms with E-state index in [2.05, 4.69) is 10.6 Å². The molecule has 3 rings (SSSR count). The number of rotatable bonds is 6. The number of esters is 1. The number of nitrogens with one attached hydrogen (secondary N) is 2. The second-order valence-corrected chi connectivity index (χ2v) is 6.83. The predicted octanol–water partition coefficient (Wildman–Crippen LogP) is 3.30. The molecule has 1 aromatic carbocycles. The molecular weight excluding hydrogens is 352 g/mol. The molecule has 1 aliphatic rings. The van der Waals surface area contributed by atoms with Crippen molar-refractivity contribution < 1.29 is 18.7 Å². The Labute approximate surface area is 156 Å². The van der Waals surface area contributed by atoms with Gasteiger partial charge in [-0.2, -0.15) is 0 Å². The van der Waals surface area contributed by atoms with Gasteiger partial charge >= 0.3 is 12.0 Å². The number of amides is 2. The number of ether oxygens (including phenoxy) is 1. The first-order valence-corrected chi connectivity index (χ1v) is 9.30. The third-order valence-corrected chi connectivity index (χ3v) is 5.11. The van der Waals surface area contributed by atoms with E-state index in [1.165, 1.54) is 7.11 Å². The largest absolute Gasteiger partial charge is 0.468 e. The molecule has 2 amide bonds. The number of hydrogen-bond acceptors (Lipinski definition) is 5. The Kier molecular flexibility index (Phi) is 5.68. The van der Waals surface area contributed by atoms with Gasteiger partial charge in [-0.15, -0.1) is 11.8 Å². The van der Waals surface area contributed by atoms with Crippen LogP contribution in [-0.4, -0.2) is 24.9 Å². The zero-order chi connectivity index (χ0) is 18.5. The lowest BCUT2D eigenvalue weighted by atomic mass is 9.92. The van der Waals surface area contributed by atoms with E-state index in [0.717, 1.165) is 16.9 Å². The number of furan rings is 1. The second-order valence-electron chi connectivity index (χ2n) is 5.84.